The molecule has 0 amide bonds. The maximum atomic E-state index is 10.1. The molecule has 0 aromatic carbocycles. The molecule has 58 heavy (non-hydrogen) atoms. The molecule has 0 atom stereocenters. The normalized spacial score (nSPS) is 9.45. The zero-order chi connectivity index (χ0) is 43.3. The predicted molar refractivity (Wildman–Crippen MR) is 216 cm³/mol. The molecule has 0 spiro atoms. The van der Waals surface area contributed by atoms with E-state index in [1.54, 1.807) is 0 Å². The van der Waals surface area contributed by atoms with E-state index < -0.39 is 30.6 Å². The first-order valence-corrected chi connectivity index (χ1v) is 21.0. The number of rotatable bonds is 36. The first kappa shape index (κ1) is 70.4. The van der Waals surface area contributed by atoms with Gasteiger partial charge in [0, 0.05) is 23.9 Å². The van der Waals surface area contributed by atoms with Crippen molar-refractivity contribution in [1.29, 1.82) is 0 Å². The van der Waals surface area contributed by atoms with Gasteiger partial charge in [-0.15, -0.1) is 26.3 Å². The maximum Gasteiger partial charge on any atom is 2.00 e. The number of aliphatic carboxylic acids is 4. The average molecular weight is 934 g/mol. The number of carbonyl (C=O) groups is 4. The number of carboxylic acid groups (broad SMARTS) is 4. The molecule has 13 heteroatoms. The van der Waals surface area contributed by atoms with Crippen LogP contribution in [0, 0.1) is 0 Å². The van der Waals surface area contributed by atoms with Gasteiger partial charge in [-0.25, -0.2) is 0 Å². The molecule has 0 fully saturated rings. The Bertz CT molecular complexity index is 770. The monoisotopic (exact) mass is 930 g/mol. The van der Waals surface area contributed by atoms with Crippen molar-refractivity contribution in [2.45, 2.75) is 212 Å². The summed E-state index contributed by atoms with van der Waals surface area (Å²) >= 11 is 0. The van der Waals surface area contributed by atoms with E-state index in [2.05, 4.69) is 26.3 Å². The van der Waals surface area contributed by atoms with Gasteiger partial charge in [0.2, 0.25) is 0 Å². The summed E-state index contributed by atoms with van der Waals surface area (Å²) in [7, 11) is 0. The topological polar surface area (TPSA) is 161 Å². The molecule has 0 unspecified atom stereocenters. The second-order valence-electron chi connectivity index (χ2n) is 13.5. The Morgan fingerprint density at radius 3 is 0.569 bits per heavy atom. The van der Waals surface area contributed by atoms with Crippen molar-refractivity contribution < 1.29 is 91.7 Å². The van der Waals surface area contributed by atoms with E-state index in [-0.39, 0.29) is 64.6 Å². The van der Waals surface area contributed by atoms with Crippen LogP contribution in [0.15, 0.2) is 50.6 Å². The summed E-state index contributed by atoms with van der Waals surface area (Å²) in [6, 6.07) is 0. The van der Waals surface area contributed by atoms with E-state index in [9.17, 15) is 52.8 Å². The van der Waals surface area contributed by atoms with Crippen LogP contribution in [-0.4, -0.2) is 30.6 Å². The number of hydrogen-bond acceptors (Lipinski definition) is 8. The molecular weight excluding hydrogens is 856 g/mol. The summed E-state index contributed by atoms with van der Waals surface area (Å²) in [5.74, 6) is -3.70. The van der Waals surface area contributed by atoms with E-state index in [1.807, 2.05) is 24.3 Å². The van der Waals surface area contributed by atoms with Crippen molar-refractivity contribution in [3.8, 4) is 0 Å². The van der Waals surface area contributed by atoms with Crippen LogP contribution in [0.4, 0.5) is 13.2 Å². The minimum absolute atomic E-state index is 0. The van der Waals surface area contributed by atoms with E-state index in [0.29, 0.717) is 0 Å². The molecule has 0 aliphatic heterocycles. The molecule has 0 bridgehead atoms. The fourth-order valence-electron chi connectivity index (χ4n) is 5.06. The molecule has 0 aromatic rings. The number of hydrogen-bond donors (Lipinski definition) is 0. The third kappa shape index (κ3) is 105. The number of alkyl halides is 3. The third-order valence-electron chi connectivity index (χ3n) is 8.16. The maximum absolute atomic E-state index is 10.1. The van der Waals surface area contributed by atoms with Crippen LogP contribution in [0.2, 0.25) is 0 Å². The van der Waals surface area contributed by atoms with Gasteiger partial charge in [0.25, 0.3) is 0 Å². The Labute approximate surface area is 376 Å². The number of carbonyl (C=O) groups excluding carboxylic acids is 4. The van der Waals surface area contributed by atoms with Gasteiger partial charge in [0.05, 0.1) is 0 Å². The van der Waals surface area contributed by atoms with Gasteiger partial charge in [0.1, 0.15) is 0 Å². The summed E-state index contributed by atoms with van der Waals surface area (Å²) in [4.78, 5) is 40.2. The zero-order valence-electron chi connectivity index (χ0n) is 36.2. The van der Waals surface area contributed by atoms with Crippen molar-refractivity contribution in [2.24, 2.45) is 0 Å². The molecule has 0 radical (unpaired) electrons. The molecule has 0 saturated carbocycles. The molecular formula is C45H77F3O8Zn2. The summed E-state index contributed by atoms with van der Waals surface area (Å²) in [5, 5.41) is 40.2. The Morgan fingerprint density at radius 1 is 0.328 bits per heavy atom. The van der Waals surface area contributed by atoms with Crippen LogP contribution in [0.1, 0.15) is 205 Å². The SMILES string of the molecule is C=CCCCCCCCCC(=O)[O-].C=CCCCCCCCCC(=O)[O-].C=CCCCCCCCCC(=O)[O-].C=CCCCCCCCCC(=O)[O-].FC(F)F.[Zn+2].[Zn+2]. The third-order valence-corrected chi connectivity index (χ3v) is 8.16. The molecule has 330 valence electrons. The van der Waals surface area contributed by atoms with Crippen LogP contribution in [0.25, 0.3) is 0 Å². The molecule has 0 N–H and O–H groups in total. The molecule has 0 aliphatic carbocycles. The van der Waals surface area contributed by atoms with Crippen LogP contribution in [0.5, 0.6) is 0 Å². The van der Waals surface area contributed by atoms with Crippen molar-refractivity contribution in [3.63, 3.8) is 0 Å². The quantitative estimate of drug-likeness (QED) is 0.0341. The summed E-state index contributed by atoms with van der Waals surface area (Å²) < 4.78 is 29.0. The van der Waals surface area contributed by atoms with Gasteiger partial charge in [-0.3, -0.25) is 0 Å². The number of halogens is 3. The molecule has 0 heterocycles. The van der Waals surface area contributed by atoms with Gasteiger partial charge < -0.3 is 39.6 Å². The van der Waals surface area contributed by atoms with E-state index in [4.69, 9.17) is 0 Å². The summed E-state index contributed by atoms with van der Waals surface area (Å²) in [6.45, 7) is 11.0. The first-order chi connectivity index (χ1) is 26.8. The van der Waals surface area contributed by atoms with E-state index >= 15 is 0 Å². The summed E-state index contributed by atoms with van der Waals surface area (Å²) in [6.07, 6.45) is 39.3. The molecule has 0 aromatic heterocycles. The van der Waals surface area contributed by atoms with Crippen LogP contribution >= 0.6 is 0 Å². The fourth-order valence-corrected chi connectivity index (χ4v) is 5.06. The molecule has 0 rings (SSSR count). The molecule has 0 aliphatic rings. The smallest absolute Gasteiger partial charge is 0.550 e. The largest absolute Gasteiger partial charge is 2.00 e. The molecule has 8 nitrogen and oxygen atoms in total. The minimum atomic E-state index is -3.67. The Hall–Kier alpha value is -2.12. The second kappa shape index (κ2) is 66.7. The first-order valence-electron chi connectivity index (χ1n) is 21.0. The number of carboxylic acids is 4. The van der Waals surface area contributed by atoms with Gasteiger partial charge in [-0.2, -0.15) is 13.2 Å². The fraction of sp³-hybridized carbons (Fsp3) is 0.733. The van der Waals surface area contributed by atoms with E-state index in [1.165, 1.54) is 77.0 Å². The summed E-state index contributed by atoms with van der Waals surface area (Å²) in [5.41, 5.74) is 0. The Morgan fingerprint density at radius 2 is 0.448 bits per heavy atom. The van der Waals surface area contributed by atoms with Crippen LogP contribution in [-0.2, 0) is 58.1 Å². The minimum Gasteiger partial charge on any atom is -0.550 e. The van der Waals surface area contributed by atoms with Crippen molar-refractivity contribution in [2.75, 3.05) is 0 Å². The molecule has 0 saturated heterocycles. The predicted octanol–water partition coefficient (Wildman–Crippen LogP) is 9.35. The van der Waals surface area contributed by atoms with Crippen molar-refractivity contribution in [1.82, 2.24) is 0 Å². The van der Waals surface area contributed by atoms with Gasteiger partial charge in [0.15, 0.2) is 0 Å². The van der Waals surface area contributed by atoms with Crippen molar-refractivity contribution in [3.05, 3.63) is 50.6 Å². The average Bonchev–Trinajstić information content (AvgIpc) is 3.13. The van der Waals surface area contributed by atoms with Crippen molar-refractivity contribution >= 4 is 23.9 Å². The number of unbranched alkanes of at least 4 members (excludes halogenated alkanes) is 24. The van der Waals surface area contributed by atoms with E-state index in [0.717, 1.165) is 103 Å². The Kier molecular flexibility index (Phi) is 81.0. The number of allylic oxidation sites excluding steroid dienone is 4. The standard InChI is InChI=1S/4C11H20O2.CHF3.2Zn/c4*1-2-3-4-5-6-7-8-9-10-11(12)13;2-1(3)4;;/h4*2H,1,3-10H2,(H,12,13);1H;;/q;;;;;2*+2/p-4. The van der Waals surface area contributed by atoms with Gasteiger partial charge >= 0.3 is 45.6 Å². The van der Waals surface area contributed by atoms with Crippen LogP contribution < -0.4 is 20.4 Å². The van der Waals surface area contributed by atoms with Gasteiger partial charge in [-0.1, -0.05) is 127 Å². The Balaban J connectivity index is -0.000000114. The van der Waals surface area contributed by atoms with Crippen LogP contribution in [0.3, 0.4) is 0 Å². The van der Waals surface area contributed by atoms with Gasteiger partial charge in [-0.05, 0) is 103 Å². The zero-order valence-corrected chi connectivity index (χ0v) is 42.1. The second-order valence-corrected chi connectivity index (χ2v) is 13.5.